The predicted molar refractivity (Wildman–Crippen MR) is 103 cm³/mol. The molecule has 160 valence electrons. The van der Waals surface area contributed by atoms with E-state index in [0.717, 1.165) is 32.4 Å². The normalized spacial score (nSPS) is 27.0. The Kier molecular flexibility index (Phi) is 7.28. The zero-order valence-electron chi connectivity index (χ0n) is 16.9. The molecule has 0 aliphatic carbocycles. The molecule has 10 nitrogen and oxygen atoms in total. The lowest BCUT2D eigenvalue weighted by atomic mass is 9.98. The number of carbonyl (C=O) groups excluding carboxylic acids is 3. The molecule has 3 heterocycles. The third-order valence-electron chi connectivity index (χ3n) is 5.84. The van der Waals surface area contributed by atoms with E-state index in [-0.39, 0.29) is 24.3 Å². The van der Waals surface area contributed by atoms with Gasteiger partial charge in [0.25, 0.3) is 0 Å². The second-order valence-electron chi connectivity index (χ2n) is 8.03. The molecule has 0 bridgehead atoms. The monoisotopic (exact) mass is 406 g/mol. The highest BCUT2D eigenvalue weighted by atomic mass is 16.6. The highest BCUT2D eigenvalue weighted by Gasteiger charge is 2.36. The van der Waals surface area contributed by atoms with Crippen LogP contribution in [0, 0.1) is 17.2 Å². The minimum absolute atomic E-state index is 0.0813. The van der Waals surface area contributed by atoms with Gasteiger partial charge in [-0.3, -0.25) is 9.59 Å². The Balaban J connectivity index is 1.56. The Hall–Kier alpha value is -2.38. The van der Waals surface area contributed by atoms with Gasteiger partial charge in [-0.25, -0.2) is 15.2 Å². The third kappa shape index (κ3) is 5.58. The van der Waals surface area contributed by atoms with E-state index in [1.54, 1.807) is 0 Å². The van der Waals surface area contributed by atoms with Crippen LogP contribution in [0.1, 0.15) is 38.5 Å². The molecule has 10 heteroatoms. The Bertz CT molecular complexity index is 658. The van der Waals surface area contributed by atoms with Crippen LogP contribution in [0.15, 0.2) is 0 Å². The number of rotatable bonds is 5. The minimum Gasteiger partial charge on any atom is -0.445 e. The maximum absolute atomic E-state index is 12.8. The Morgan fingerprint density at radius 1 is 1.28 bits per heavy atom. The summed E-state index contributed by atoms with van der Waals surface area (Å²) in [6.45, 7) is 2.91. The maximum atomic E-state index is 12.8. The Labute approximate surface area is 170 Å². The molecule has 3 fully saturated rings. The molecule has 0 aromatic rings. The lowest BCUT2D eigenvalue weighted by molar-refractivity contribution is -0.130. The first-order valence-electron chi connectivity index (χ1n) is 10.4. The lowest BCUT2D eigenvalue weighted by Gasteiger charge is -2.36. The van der Waals surface area contributed by atoms with Gasteiger partial charge in [-0.15, -0.1) is 0 Å². The molecule has 0 radical (unpaired) electrons. The number of nitrogens with one attached hydrogen (secondary N) is 3. The number of carbonyl (C=O) groups is 3. The smallest absolute Gasteiger partial charge is 0.425 e. The molecular formula is C19H30N6O4. The number of hydrazine groups is 1. The fourth-order valence-electron chi connectivity index (χ4n) is 4.04. The standard InChI is InChI=1S/C19H30N6O4/c1-24-9-5-15(6-10-24)29-19(28)25-16(3-2-7-22-25)18(27)23-14(12-20)11-13-4-8-21-17(13)26/h13-16,22H,2-11H2,1H3,(H,21,26)(H,23,27)/t13-,14-,16-/m0/s1. The van der Waals surface area contributed by atoms with E-state index in [1.807, 2.05) is 7.05 Å². The summed E-state index contributed by atoms with van der Waals surface area (Å²) in [7, 11) is 2.03. The van der Waals surface area contributed by atoms with E-state index in [0.29, 0.717) is 25.9 Å². The van der Waals surface area contributed by atoms with E-state index in [9.17, 15) is 19.6 Å². The first-order chi connectivity index (χ1) is 14.0. The second-order valence-corrected chi connectivity index (χ2v) is 8.03. The lowest BCUT2D eigenvalue weighted by Crippen LogP contribution is -2.60. The minimum atomic E-state index is -0.773. The summed E-state index contributed by atoms with van der Waals surface area (Å²) in [5, 5.41) is 16.1. The van der Waals surface area contributed by atoms with Crippen LogP contribution in [-0.2, 0) is 14.3 Å². The molecule has 0 aromatic carbocycles. The van der Waals surface area contributed by atoms with Gasteiger partial charge in [-0.05, 0) is 45.6 Å². The van der Waals surface area contributed by atoms with Crippen molar-refractivity contribution in [3.8, 4) is 6.07 Å². The molecule has 0 aromatic heterocycles. The van der Waals surface area contributed by atoms with E-state index in [1.165, 1.54) is 5.01 Å². The van der Waals surface area contributed by atoms with E-state index in [2.05, 4.69) is 27.0 Å². The fourth-order valence-corrected chi connectivity index (χ4v) is 4.04. The van der Waals surface area contributed by atoms with Crippen molar-refractivity contribution in [1.82, 2.24) is 26.0 Å². The van der Waals surface area contributed by atoms with Crippen molar-refractivity contribution in [2.24, 2.45) is 5.92 Å². The van der Waals surface area contributed by atoms with Crippen LogP contribution in [0.5, 0.6) is 0 Å². The molecule has 3 N–H and O–H groups in total. The topological polar surface area (TPSA) is 127 Å². The molecule has 3 amide bonds. The van der Waals surface area contributed by atoms with E-state index in [4.69, 9.17) is 4.74 Å². The number of nitrogens with zero attached hydrogens (tertiary/aromatic N) is 3. The molecule has 3 aliphatic rings. The molecule has 3 aliphatic heterocycles. The third-order valence-corrected chi connectivity index (χ3v) is 5.84. The SMILES string of the molecule is CN1CCC(OC(=O)N2NCCC[C@H]2C(=O)N[C@H](C#N)C[C@@H]2CCNC2=O)CC1. The zero-order chi connectivity index (χ0) is 20.8. The first-order valence-corrected chi connectivity index (χ1v) is 10.4. The first kappa shape index (κ1) is 21.3. The van der Waals surface area contributed by atoms with Crippen LogP contribution in [0.25, 0.3) is 0 Å². The largest absolute Gasteiger partial charge is 0.445 e. The van der Waals surface area contributed by atoms with Gasteiger partial charge in [0.1, 0.15) is 18.2 Å². The maximum Gasteiger partial charge on any atom is 0.425 e. The number of nitriles is 1. The quantitative estimate of drug-likeness (QED) is 0.573. The van der Waals surface area contributed by atoms with Crippen molar-refractivity contribution in [3.63, 3.8) is 0 Å². The van der Waals surface area contributed by atoms with Crippen LogP contribution >= 0.6 is 0 Å². The summed E-state index contributed by atoms with van der Waals surface area (Å²) < 4.78 is 5.61. The van der Waals surface area contributed by atoms with E-state index < -0.39 is 24.1 Å². The van der Waals surface area contributed by atoms with Crippen LogP contribution in [-0.4, -0.2) is 79.2 Å². The predicted octanol–water partition coefficient (Wildman–Crippen LogP) is -0.279. The number of ether oxygens (including phenoxy) is 1. The van der Waals surface area contributed by atoms with Gasteiger partial charge < -0.3 is 20.3 Å². The molecule has 0 spiro atoms. The molecule has 0 unspecified atom stereocenters. The van der Waals surface area contributed by atoms with Crippen molar-refractivity contribution in [2.45, 2.75) is 56.7 Å². The van der Waals surface area contributed by atoms with Crippen molar-refractivity contribution in [1.29, 1.82) is 5.26 Å². The highest BCUT2D eigenvalue weighted by Crippen LogP contribution is 2.19. The second kappa shape index (κ2) is 9.89. The van der Waals surface area contributed by atoms with Crippen LogP contribution in [0.2, 0.25) is 0 Å². The van der Waals surface area contributed by atoms with Crippen LogP contribution < -0.4 is 16.1 Å². The van der Waals surface area contributed by atoms with Gasteiger partial charge >= 0.3 is 6.09 Å². The summed E-state index contributed by atoms with van der Waals surface area (Å²) in [5.74, 6) is -0.750. The van der Waals surface area contributed by atoms with Crippen molar-refractivity contribution in [2.75, 3.05) is 33.2 Å². The van der Waals surface area contributed by atoms with Crippen LogP contribution in [0.3, 0.4) is 0 Å². The van der Waals surface area contributed by atoms with Crippen molar-refractivity contribution in [3.05, 3.63) is 0 Å². The summed E-state index contributed by atoms with van der Waals surface area (Å²) in [6.07, 6.45) is 2.99. The molecule has 3 atom stereocenters. The summed E-state index contributed by atoms with van der Waals surface area (Å²) in [4.78, 5) is 39.4. The van der Waals surface area contributed by atoms with Gasteiger partial charge in [0.2, 0.25) is 11.8 Å². The number of hydrogen-bond donors (Lipinski definition) is 3. The van der Waals surface area contributed by atoms with Gasteiger partial charge in [-0.2, -0.15) is 5.26 Å². The van der Waals surface area contributed by atoms with Gasteiger partial charge in [0.15, 0.2) is 0 Å². The van der Waals surface area contributed by atoms with Gasteiger partial charge in [0, 0.05) is 32.1 Å². The van der Waals surface area contributed by atoms with Gasteiger partial charge in [-0.1, -0.05) is 0 Å². The highest BCUT2D eigenvalue weighted by molar-refractivity contribution is 5.86. The van der Waals surface area contributed by atoms with Crippen molar-refractivity contribution < 1.29 is 19.1 Å². The molecular weight excluding hydrogens is 376 g/mol. The van der Waals surface area contributed by atoms with Gasteiger partial charge in [0.05, 0.1) is 6.07 Å². The summed E-state index contributed by atoms with van der Waals surface area (Å²) in [6, 6.07) is 0.549. The Morgan fingerprint density at radius 3 is 2.69 bits per heavy atom. The fraction of sp³-hybridized carbons (Fsp3) is 0.789. The molecule has 3 saturated heterocycles. The number of amides is 3. The number of hydrogen-bond acceptors (Lipinski definition) is 7. The average molecular weight is 406 g/mol. The zero-order valence-corrected chi connectivity index (χ0v) is 16.9. The summed E-state index contributed by atoms with van der Waals surface area (Å²) >= 11 is 0. The average Bonchev–Trinajstić information content (AvgIpc) is 3.13. The molecule has 29 heavy (non-hydrogen) atoms. The van der Waals surface area contributed by atoms with Crippen LogP contribution in [0.4, 0.5) is 4.79 Å². The van der Waals surface area contributed by atoms with E-state index >= 15 is 0 Å². The summed E-state index contributed by atoms with van der Waals surface area (Å²) in [5.41, 5.74) is 2.96. The molecule has 3 rings (SSSR count). The number of piperidine rings is 1. The number of likely N-dealkylation sites (tertiary alicyclic amines) is 1. The molecule has 0 saturated carbocycles. The Morgan fingerprint density at radius 2 is 2.03 bits per heavy atom. The van der Waals surface area contributed by atoms with Crippen molar-refractivity contribution >= 4 is 17.9 Å².